The third-order valence-corrected chi connectivity index (χ3v) is 1.25. The molecule has 58 valence electrons. The summed E-state index contributed by atoms with van der Waals surface area (Å²) >= 11 is 0. The summed E-state index contributed by atoms with van der Waals surface area (Å²) in [4.78, 5) is 4.03. The summed E-state index contributed by atoms with van der Waals surface area (Å²) in [5.41, 5.74) is 5.51. The highest BCUT2D eigenvalue weighted by molar-refractivity contribution is 5.39. The lowest BCUT2D eigenvalue weighted by Crippen LogP contribution is -2.08. The second-order valence-corrected chi connectivity index (χ2v) is 2.08. The van der Waals surface area contributed by atoms with Gasteiger partial charge in [0.25, 0.3) is 0 Å². The molecule has 0 aliphatic rings. The summed E-state index contributed by atoms with van der Waals surface area (Å²) in [6.45, 7) is 1.87. The molecule has 1 heterocycles. The van der Waals surface area contributed by atoms with Gasteiger partial charge in [-0.3, -0.25) is 0 Å². The van der Waals surface area contributed by atoms with Crippen molar-refractivity contribution in [1.29, 1.82) is 0 Å². The van der Waals surface area contributed by atoms with Crippen molar-refractivity contribution in [1.82, 2.24) is 4.98 Å². The van der Waals surface area contributed by atoms with Crippen LogP contribution < -0.4 is 11.1 Å². The Morgan fingerprint density at radius 1 is 1.64 bits per heavy atom. The lowest BCUT2D eigenvalue weighted by Gasteiger charge is -2.02. The topological polar surface area (TPSA) is 50.9 Å². The standard InChI is InChI=1S/C8H11N3/c1-2-7(9)11-8-5-3-4-6-10-8/h2-6H,9H2,1H3,(H,10,11). The van der Waals surface area contributed by atoms with Gasteiger partial charge in [-0.2, -0.15) is 0 Å². The van der Waals surface area contributed by atoms with Crippen molar-refractivity contribution in [3.8, 4) is 0 Å². The quantitative estimate of drug-likeness (QED) is 0.666. The molecule has 1 aromatic rings. The van der Waals surface area contributed by atoms with E-state index < -0.39 is 0 Å². The van der Waals surface area contributed by atoms with Crippen molar-refractivity contribution in [2.45, 2.75) is 6.92 Å². The van der Waals surface area contributed by atoms with E-state index in [-0.39, 0.29) is 0 Å². The molecule has 0 radical (unpaired) electrons. The van der Waals surface area contributed by atoms with Gasteiger partial charge in [0, 0.05) is 6.20 Å². The van der Waals surface area contributed by atoms with Crippen LogP contribution in [0.25, 0.3) is 0 Å². The molecule has 0 aliphatic carbocycles. The van der Waals surface area contributed by atoms with Crippen LogP contribution in [0.5, 0.6) is 0 Å². The third-order valence-electron chi connectivity index (χ3n) is 1.25. The predicted octanol–water partition coefficient (Wildman–Crippen LogP) is 1.31. The first-order valence-corrected chi connectivity index (χ1v) is 3.43. The van der Waals surface area contributed by atoms with Crippen molar-refractivity contribution < 1.29 is 0 Å². The number of rotatable bonds is 2. The molecule has 0 amide bonds. The van der Waals surface area contributed by atoms with Crippen LogP contribution in [0.1, 0.15) is 6.92 Å². The van der Waals surface area contributed by atoms with E-state index in [2.05, 4.69) is 10.3 Å². The minimum Gasteiger partial charge on any atom is -0.385 e. The Hall–Kier alpha value is -1.51. The third kappa shape index (κ3) is 2.29. The zero-order chi connectivity index (χ0) is 8.10. The average Bonchev–Trinajstić information content (AvgIpc) is 2.06. The fourth-order valence-electron chi connectivity index (χ4n) is 0.657. The first kappa shape index (κ1) is 7.60. The molecule has 0 bridgehead atoms. The smallest absolute Gasteiger partial charge is 0.131 e. The molecule has 0 aromatic carbocycles. The number of pyridine rings is 1. The lowest BCUT2D eigenvalue weighted by molar-refractivity contribution is 1.22. The van der Waals surface area contributed by atoms with E-state index >= 15 is 0 Å². The number of nitrogens with one attached hydrogen (secondary N) is 1. The molecule has 0 aliphatic heterocycles. The van der Waals surface area contributed by atoms with Crippen molar-refractivity contribution in [3.63, 3.8) is 0 Å². The van der Waals surface area contributed by atoms with E-state index in [1.807, 2.05) is 25.1 Å². The summed E-state index contributed by atoms with van der Waals surface area (Å²) < 4.78 is 0. The minimum absolute atomic E-state index is 0.615. The van der Waals surface area contributed by atoms with Gasteiger partial charge in [-0.05, 0) is 25.1 Å². The van der Waals surface area contributed by atoms with Gasteiger partial charge in [0.15, 0.2) is 0 Å². The summed E-state index contributed by atoms with van der Waals surface area (Å²) in [6.07, 6.45) is 3.50. The fraction of sp³-hybridized carbons (Fsp3) is 0.125. The minimum atomic E-state index is 0.615. The number of nitrogens with two attached hydrogens (primary N) is 1. The molecular weight excluding hydrogens is 138 g/mol. The Kier molecular flexibility index (Phi) is 2.49. The molecule has 0 saturated heterocycles. The van der Waals surface area contributed by atoms with Gasteiger partial charge in [-0.15, -0.1) is 0 Å². The number of aromatic nitrogens is 1. The number of hydrogen-bond acceptors (Lipinski definition) is 3. The van der Waals surface area contributed by atoms with E-state index in [9.17, 15) is 0 Å². The van der Waals surface area contributed by atoms with Crippen LogP contribution in [-0.4, -0.2) is 4.98 Å². The molecular formula is C8H11N3. The normalized spacial score (nSPS) is 11.2. The first-order chi connectivity index (χ1) is 5.33. The summed E-state index contributed by atoms with van der Waals surface area (Å²) in [6, 6.07) is 5.62. The van der Waals surface area contributed by atoms with E-state index in [0.29, 0.717) is 5.82 Å². The molecule has 11 heavy (non-hydrogen) atoms. The average molecular weight is 149 g/mol. The van der Waals surface area contributed by atoms with Gasteiger partial charge < -0.3 is 11.1 Å². The molecule has 3 nitrogen and oxygen atoms in total. The Labute approximate surface area is 65.9 Å². The second kappa shape index (κ2) is 3.61. The molecule has 1 aromatic heterocycles. The number of anilines is 1. The molecule has 3 heteroatoms. The predicted molar refractivity (Wildman–Crippen MR) is 45.8 cm³/mol. The van der Waals surface area contributed by atoms with Gasteiger partial charge in [-0.1, -0.05) is 6.07 Å². The lowest BCUT2D eigenvalue weighted by atomic mass is 10.4. The molecule has 0 saturated carbocycles. The maximum atomic E-state index is 5.51. The van der Waals surface area contributed by atoms with Crippen LogP contribution in [-0.2, 0) is 0 Å². The Bertz CT molecular complexity index is 241. The Balaban J connectivity index is 2.65. The van der Waals surface area contributed by atoms with Crippen LogP contribution >= 0.6 is 0 Å². The Morgan fingerprint density at radius 3 is 3.00 bits per heavy atom. The maximum Gasteiger partial charge on any atom is 0.131 e. The van der Waals surface area contributed by atoms with Crippen LogP contribution in [0.3, 0.4) is 0 Å². The monoisotopic (exact) mass is 149 g/mol. The van der Waals surface area contributed by atoms with Crippen molar-refractivity contribution in [2.24, 2.45) is 5.73 Å². The highest BCUT2D eigenvalue weighted by Crippen LogP contribution is 2.00. The number of nitrogens with zero attached hydrogens (tertiary/aromatic N) is 1. The molecule has 3 N–H and O–H groups in total. The second-order valence-electron chi connectivity index (χ2n) is 2.08. The van der Waals surface area contributed by atoms with Crippen LogP contribution in [0.4, 0.5) is 5.82 Å². The van der Waals surface area contributed by atoms with Crippen LogP contribution in [0.2, 0.25) is 0 Å². The molecule has 0 atom stereocenters. The highest BCUT2D eigenvalue weighted by atomic mass is 15.1. The van der Waals surface area contributed by atoms with Gasteiger partial charge >= 0.3 is 0 Å². The first-order valence-electron chi connectivity index (χ1n) is 3.43. The van der Waals surface area contributed by atoms with Gasteiger partial charge in [-0.25, -0.2) is 4.98 Å². The number of allylic oxidation sites excluding steroid dienone is 1. The summed E-state index contributed by atoms with van der Waals surface area (Å²) in [5, 5.41) is 2.92. The molecule has 1 rings (SSSR count). The van der Waals surface area contributed by atoms with Crippen LogP contribution in [0.15, 0.2) is 36.3 Å². The molecule has 0 unspecified atom stereocenters. The van der Waals surface area contributed by atoms with Crippen molar-refractivity contribution >= 4 is 5.82 Å². The van der Waals surface area contributed by atoms with E-state index in [1.165, 1.54) is 0 Å². The number of hydrogen-bond donors (Lipinski definition) is 2. The van der Waals surface area contributed by atoms with Gasteiger partial charge in [0.2, 0.25) is 0 Å². The largest absolute Gasteiger partial charge is 0.385 e. The summed E-state index contributed by atoms with van der Waals surface area (Å²) in [7, 11) is 0. The highest BCUT2D eigenvalue weighted by Gasteiger charge is 1.89. The maximum absolute atomic E-state index is 5.51. The zero-order valence-corrected chi connectivity index (χ0v) is 6.41. The van der Waals surface area contributed by atoms with E-state index in [1.54, 1.807) is 12.3 Å². The zero-order valence-electron chi connectivity index (χ0n) is 6.41. The molecule has 0 spiro atoms. The van der Waals surface area contributed by atoms with E-state index in [4.69, 9.17) is 5.73 Å². The SMILES string of the molecule is CC=C(N)Nc1ccccn1. The van der Waals surface area contributed by atoms with E-state index in [0.717, 1.165) is 5.82 Å². The fourth-order valence-corrected chi connectivity index (χ4v) is 0.657. The summed E-state index contributed by atoms with van der Waals surface area (Å²) in [5.74, 6) is 1.38. The van der Waals surface area contributed by atoms with Crippen molar-refractivity contribution in [2.75, 3.05) is 5.32 Å². The van der Waals surface area contributed by atoms with Crippen LogP contribution in [0, 0.1) is 0 Å². The Morgan fingerprint density at radius 2 is 2.45 bits per heavy atom. The van der Waals surface area contributed by atoms with Gasteiger partial charge in [0.1, 0.15) is 5.82 Å². The molecule has 0 fully saturated rings. The van der Waals surface area contributed by atoms with Crippen molar-refractivity contribution in [3.05, 3.63) is 36.3 Å². The van der Waals surface area contributed by atoms with Gasteiger partial charge in [0.05, 0.1) is 5.82 Å².